The molecule has 55 heavy (non-hydrogen) atoms. The van der Waals surface area contributed by atoms with Crippen LogP contribution in [0.5, 0.6) is 11.5 Å². The summed E-state index contributed by atoms with van der Waals surface area (Å²) in [5, 5.41) is 0. The third-order valence-electron chi connectivity index (χ3n) is 8.44. The summed E-state index contributed by atoms with van der Waals surface area (Å²) in [6.45, 7) is 8.67. The first kappa shape index (κ1) is 45.9. The van der Waals surface area contributed by atoms with Crippen LogP contribution in [-0.2, 0) is 33.4 Å². The van der Waals surface area contributed by atoms with Crippen molar-refractivity contribution >= 4 is 23.9 Å². The number of ether oxygens (including phenoxy) is 5. The second-order valence-electron chi connectivity index (χ2n) is 13.0. The summed E-state index contributed by atoms with van der Waals surface area (Å²) < 4.78 is 26.3. The smallest absolute Gasteiger partial charge is 0.390 e. The molecular formula is C46H58O9. The van der Waals surface area contributed by atoms with Crippen LogP contribution in [0.15, 0.2) is 73.8 Å². The van der Waals surface area contributed by atoms with Gasteiger partial charge in [0.05, 0.1) is 26.4 Å². The van der Waals surface area contributed by atoms with Gasteiger partial charge in [0.2, 0.25) is 0 Å². The first-order valence-corrected chi connectivity index (χ1v) is 19.7. The van der Waals surface area contributed by atoms with Crippen molar-refractivity contribution in [3.8, 4) is 35.2 Å². The third kappa shape index (κ3) is 25.4. The maximum Gasteiger partial charge on any atom is 0.390 e. The van der Waals surface area contributed by atoms with Crippen molar-refractivity contribution in [3.63, 3.8) is 0 Å². The Morgan fingerprint density at radius 1 is 0.436 bits per heavy atom. The lowest BCUT2D eigenvalue weighted by Gasteiger charge is -2.07. The second-order valence-corrected chi connectivity index (χ2v) is 13.0. The lowest BCUT2D eigenvalue weighted by molar-refractivity contribution is -0.138. The summed E-state index contributed by atoms with van der Waals surface area (Å²) in [4.78, 5) is 46.2. The number of carbonyl (C=O) groups is 4. The Bertz CT molecular complexity index is 1550. The van der Waals surface area contributed by atoms with E-state index in [1.54, 1.807) is 48.5 Å². The Kier molecular flexibility index (Phi) is 25.9. The summed E-state index contributed by atoms with van der Waals surface area (Å²) in [6, 6.07) is 13.8. The molecule has 0 spiro atoms. The Balaban J connectivity index is 1.50. The molecule has 2 aromatic carbocycles. The SMILES string of the molecule is C=CC(=O)OCCCCCCCCCCCOC(=O)C#Cc1ccc(C#CC(=O)Oc2ccc(OCCCCCCCCCCCOC(=O)C=C)cc2)cc1. The highest BCUT2D eigenvalue weighted by Crippen LogP contribution is 2.18. The van der Waals surface area contributed by atoms with E-state index in [0.29, 0.717) is 43.3 Å². The third-order valence-corrected chi connectivity index (χ3v) is 8.44. The quantitative estimate of drug-likeness (QED) is 0.0209. The largest absolute Gasteiger partial charge is 0.494 e. The van der Waals surface area contributed by atoms with Gasteiger partial charge in [-0.3, -0.25) is 0 Å². The highest BCUT2D eigenvalue weighted by atomic mass is 16.5. The molecule has 0 unspecified atom stereocenters. The van der Waals surface area contributed by atoms with Crippen molar-refractivity contribution in [3.05, 3.63) is 85.0 Å². The van der Waals surface area contributed by atoms with E-state index in [0.717, 1.165) is 82.8 Å². The molecule has 0 amide bonds. The van der Waals surface area contributed by atoms with Gasteiger partial charge in [-0.05, 0) is 74.2 Å². The first-order chi connectivity index (χ1) is 26.9. The average molecular weight is 755 g/mol. The molecule has 9 nitrogen and oxygen atoms in total. The molecule has 0 fully saturated rings. The molecule has 2 aromatic rings. The minimum Gasteiger partial charge on any atom is -0.494 e. The highest BCUT2D eigenvalue weighted by Gasteiger charge is 2.03. The lowest BCUT2D eigenvalue weighted by atomic mass is 10.1. The fraction of sp³-hybridized carbons (Fsp3) is 0.478. The van der Waals surface area contributed by atoms with Crippen molar-refractivity contribution in [2.45, 2.75) is 116 Å². The van der Waals surface area contributed by atoms with Gasteiger partial charge in [0.25, 0.3) is 0 Å². The molecule has 0 saturated heterocycles. The Labute approximate surface area is 328 Å². The van der Waals surface area contributed by atoms with E-state index in [2.05, 4.69) is 36.8 Å². The number of unbranched alkanes of at least 4 members (excludes halogenated alkanes) is 16. The van der Waals surface area contributed by atoms with Crippen LogP contribution in [-0.4, -0.2) is 50.3 Å². The van der Waals surface area contributed by atoms with Gasteiger partial charge in [-0.1, -0.05) is 115 Å². The van der Waals surface area contributed by atoms with E-state index in [1.165, 1.54) is 50.7 Å². The molecule has 0 aliphatic heterocycles. The topological polar surface area (TPSA) is 114 Å². The van der Waals surface area contributed by atoms with E-state index < -0.39 is 11.9 Å². The number of esters is 4. The maximum atomic E-state index is 12.3. The average Bonchev–Trinajstić information content (AvgIpc) is 3.20. The summed E-state index contributed by atoms with van der Waals surface area (Å²) >= 11 is 0. The van der Waals surface area contributed by atoms with Crippen LogP contribution < -0.4 is 9.47 Å². The fourth-order valence-corrected chi connectivity index (χ4v) is 5.36. The lowest BCUT2D eigenvalue weighted by Crippen LogP contribution is -2.04. The van der Waals surface area contributed by atoms with Gasteiger partial charge in [-0.15, -0.1) is 0 Å². The van der Waals surface area contributed by atoms with E-state index in [4.69, 9.17) is 23.7 Å². The summed E-state index contributed by atoms with van der Waals surface area (Å²) in [5.74, 6) is 9.73. The molecular weight excluding hydrogens is 696 g/mol. The summed E-state index contributed by atoms with van der Waals surface area (Å²) in [5.41, 5.74) is 1.25. The molecule has 0 N–H and O–H groups in total. The van der Waals surface area contributed by atoms with Gasteiger partial charge in [0, 0.05) is 35.1 Å². The van der Waals surface area contributed by atoms with E-state index in [-0.39, 0.29) is 11.9 Å². The van der Waals surface area contributed by atoms with E-state index in [1.807, 2.05) is 0 Å². The summed E-state index contributed by atoms with van der Waals surface area (Å²) in [7, 11) is 0. The number of hydrogen-bond acceptors (Lipinski definition) is 9. The molecule has 0 aliphatic rings. The van der Waals surface area contributed by atoms with Crippen LogP contribution in [0.1, 0.15) is 127 Å². The van der Waals surface area contributed by atoms with E-state index in [9.17, 15) is 19.2 Å². The van der Waals surface area contributed by atoms with Crippen molar-refractivity contribution in [2.75, 3.05) is 26.4 Å². The minimum atomic E-state index is -0.674. The highest BCUT2D eigenvalue weighted by molar-refractivity contribution is 5.91. The molecule has 0 aromatic heterocycles. The predicted octanol–water partition coefficient (Wildman–Crippen LogP) is 9.40. The standard InChI is InChI=1S/C46H58O9/c1-3-43(47)52-36-20-16-12-8-5-7-11-15-19-35-51-41-29-31-42(32-30-41)55-46(50)34-28-40-25-23-39(24-26-40)27-33-45(49)54-38-22-18-14-10-6-9-13-17-21-37-53-44(48)4-2/h3-4,23-26,29-32H,1-2,5-22,35-38H2. The molecule has 9 heteroatoms. The van der Waals surface area contributed by atoms with Crippen LogP contribution in [0.2, 0.25) is 0 Å². The van der Waals surface area contributed by atoms with Crippen molar-refractivity contribution in [1.29, 1.82) is 0 Å². The van der Waals surface area contributed by atoms with Gasteiger partial charge in [-0.2, -0.15) is 0 Å². The van der Waals surface area contributed by atoms with Gasteiger partial charge in [0.15, 0.2) is 0 Å². The molecule has 0 bridgehead atoms. The van der Waals surface area contributed by atoms with E-state index >= 15 is 0 Å². The van der Waals surface area contributed by atoms with Crippen LogP contribution in [0.3, 0.4) is 0 Å². The number of hydrogen-bond donors (Lipinski definition) is 0. The zero-order valence-electron chi connectivity index (χ0n) is 32.4. The number of benzene rings is 2. The predicted molar refractivity (Wildman–Crippen MR) is 214 cm³/mol. The van der Waals surface area contributed by atoms with Gasteiger partial charge >= 0.3 is 23.9 Å². The Morgan fingerprint density at radius 3 is 1.20 bits per heavy atom. The maximum absolute atomic E-state index is 12.3. The van der Waals surface area contributed by atoms with Crippen LogP contribution in [0.25, 0.3) is 0 Å². The fourth-order valence-electron chi connectivity index (χ4n) is 5.36. The number of rotatable bonds is 28. The van der Waals surface area contributed by atoms with Crippen molar-refractivity contribution < 1.29 is 42.9 Å². The van der Waals surface area contributed by atoms with Crippen LogP contribution in [0, 0.1) is 23.7 Å². The monoisotopic (exact) mass is 754 g/mol. The molecule has 2 rings (SSSR count). The second kappa shape index (κ2) is 31.1. The Hall–Kier alpha value is -5.28. The molecule has 0 heterocycles. The Morgan fingerprint density at radius 2 is 0.782 bits per heavy atom. The molecule has 296 valence electrons. The molecule has 0 aliphatic carbocycles. The van der Waals surface area contributed by atoms with Gasteiger partial charge in [-0.25, -0.2) is 19.2 Å². The summed E-state index contributed by atoms with van der Waals surface area (Å²) in [6.07, 6.45) is 21.9. The van der Waals surface area contributed by atoms with Crippen LogP contribution >= 0.6 is 0 Å². The first-order valence-electron chi connectivity index (χ1n) is 19.7. The zero-order chi connectivity index (χ0) is 39.6. The van der Waals surface area contributed by atoms with Crippen LogP contribution in [0.4, 0.5) is 0 Å². The molecule has 0 saturated carbocycles. The minimum absolute atomic E-state index is 0.351. The molecule has 0 radical (unpaired) electrons. The van der Waals surface area contributed by atoms with Gasteiger partial charge in [0.1, 0.15) is 11.5 Å². The normalized spacial score (nSPS) is 10.1. The number of carbonyl (C=O) groups excluding carboxylic acids is 4. The molecule has 0 atom stereocenters. The van der Waals surface area contributed by atoms with Crippen molar-refractivity contribution in [1.82, 2.24) is 0 Å². The zero-order valence-corrected chi connectivity index (χ0v) is 32.4. The van der Waals surface area contributed by atoms with Gasteiger partial charge < -0.3 is 23.7 Å². The van der Waals surface area contributed by atoms with Crippen molar-refractivity contribution in [2.24, 2.45) is 0 Å².